The highest BCUT2D eigenvalue weighted by molar-refractivity contribution is 7.91. The van der Waals surface area contributed by atoms with E-state index in [9.17, 15) is 13.2 Å². The molecule has 1 unspecified atom stereocenters. The molecule has 2 aromatic carbocycles. The van der Waals surface area contributed by atoms with Crippen molar-refractivity contribution in [1.29, 1.82) is 0 Å². The van der Waals surface area contributed by atoms with E-state index >= 15 is 0 Å². The van der Waals surface area contributed by atoms with Gasteiger partial charge in [0.2, 0.25) is 5.91 Å². The van der Waals surface area contributed by atoms with Gasteiger partial charge in [-0.2, -0.15) is 0 Å². The molecule has 0 aromatic heterocycles. The summed E-state index contributed by atoms with van der Waals surface area (Å²) in [6, 6.07) is 16.0. The number of anilines is 3. The third-order valence-corrected chi connectivity index (χ3v) is 6.71. The maximum Gasteiger partial charge on any atom is 0.228 e. The van der Waals surface area contributed by atoms with E-state index in [1.807, 2.05) is 36.4 Å². The Kier molecular flexibility index (Phi) is 4.00. The number of nitrogens with zero attached hydrogens (tertiary/aromatic N) is 1. The molecule has 2 aliphatic heterocycles. The Morgan fingerprint density at radius 3 is 2.52 bits per heavy atom. The van der Waals surface area contributed by atoms with Crippen LogP contribution in [-0.4, -0.2) is 32.4 Å². The standard InChI is InChI=1S/C19H20N2O3S/c22-19(15-10-12-25(23,24)13-15)20-16-6-2-4-8-18(16)21-11-9-14-5-1-3-7-17(14)21/h1-8,15H,9-13H2,(H,20,22). The highest BCUT2D eigenvalue weighted by Gasteiger charge is 2.33. The maximum atomic E-state index is 12.5. The molecule has 6 heteroatoms. The first-order valence-corrected chi connectivity index (χ1v) is 10.3. The molecular formula is C19H20N2O3S. The number of carbonyl (C=O) groups excluding carboxylic acids is 1. The number of hydrogen-bond donors (Lipinski definition) is 1. The molecule has 1 fully saturated rings. The summed E-state index contributed by atoms with van der Waals surface area (Å²) in [6.07, 6.45) is 1.38. The normalized spacial score (nSPS) is 21.1. The summed E-state index contributed by atoms with van der Waals surface area (Å²) >= 11 is 0. The van der Waals surface area contributed by atoms with Crippen molar-refractivity contribution in [1.82, 2.24) is 0 Å². The van der Waals surface area contributed by atoms with Crippen LogP contribution in [-0.2, 0) is 21.1 Å². The van der Waals surface area contributed by atoms with Crippen molar-refractivity contribution >= 4 is 32.8 Å². The fraction of sp³-hybridized carbons (Fsp3) is 0.316. The zero-order valence-corrected chi connectivity index (χ0v) is 14.6. The predicted molar refractivity (Wildman–Crippen MR) is 99.0 cm³/mol. The number of fused-ring (bicyclic) bond motifs is 1. The third kappa shape index (κ3) is 3.14. The lowest BCUT2D eigenvalue weighted by atomic mass is 10.1. The maximum absolute atomic E-state index is 12.5. The van der Waals surface area contributed by atoms with Gasteiger partial charge < -0.3 is 10.2 Å². The Bertz CT molecular complexity index is 924. The van der Waals surface area contributed by atoms with Crippen molar-refractivity contribution in [3.63, 3.8) is 0 Å². The van der Waals surface area contributed by atoms with Crippen LogP contribution in [0.3, 0.4) is 0 Å². The van der Waals surface area contributed by atoms with Crippen LogP contribution in [0.1, 0.15) is 12.0 Å². The van der Waals surface area contributed by atoms with Crippen LogP contribution in [0.4, 0.5) is 17.1 Å². The van der Waals surface area contributed by atoms with E-state index in [4.69, 9.17) is 0 Å². The van der Waals surface area contributed by atoms with E-state index in [0.717, 1.165) is 30.0 Å². The van der Waals surface area contributed by atoms with Crippen LogP contribution < -0.4 is 10.2 Å². The Hall–Kier alpha value is -2.34. The number of amides is 1. The number of rotatable bonds is 3. The molecule has 0 saturated carbocycles. The van der Waals surface area contributed by atoms with Crippen LogP contribution in [0.25, 0.3) is 0 Å². The number of carbonyl (C=O) groups is 1. The van der Waals surface area contributed by atoms with Crippen molar-refractivity contribution in [3.8, 4) is 0 Å². The molecule has 2 aromatic rings. The SMILES string of the molecule is O=C(Nc1ccccc1N1CCc2ccccc21)C1CCS(=O)(=O)C1. The molecule has 0 aliphatic carbocycles. The monoisotopic (exact) mass is 356 g/mol. The third-order valence-electron chi connectivity index (χ3n) is 4.94. The van der Waals surface area contributed by atoms with E-state index in [1.54, 1.807) is 0 Å². The highest BCUT2D eigenvalue weighted by atomic mass is 32.2. The van der Waals surface area contributed by atoms with Gasteiger partial charge in [-0.3, -0.25) is 4.79 Å². The van der Waals surface area contributed by atoms with Gasteiger partial charge in [0, 0.05) is 12.2 Å². The molecule has 1 atom stereocenters. The molecule has 2 aliphatic rings. The van der Waals surface area contributed by atoms with Gasteiger partial charge in [-0.25, -0.2) is 8.42 Å². The van der Waals surface area contributed by atoms with E-state index < -0.39 is 15.8 Å². The largest absolute Gasteiger partial charge is 0.339 e. The Morgan fingerprint density at radius 1 is 1.04 bits per heavy atom. The quantitative estimate of drug-likeness (QED) is 0.918. The molecule has 2 heterocycles. The summed E-state index contributed by atoms with van der Waals surface area (Å²) < 4.78 is 23.2. The summed E-state index contributed by atoms with van der Waals surface area (Å²) in [6.45, 7) is 0.865. The molecule has 25 heavy (non-hydrogen) atoms. The number of nitrogens with one attached hydrogen (secondary N) is 1. The first kappa shape index (κ1) is 16.1. The summed E-state index contributed by atoms with van der Waals surface area (Å²) in [4.78, 5) is 14.7. The topological polar surface area (TPSA) is 66.5 Å². The number of sulfone groups is 1. The lowest BCUT2D eigenvalue weighted by Crippen LogP contribution is -2.25. The predicted octanol–water partition coefficient (Wildman–Crippen LogP) is 2.75. The first-order chi connectivity index (χ1) is 12.0. The molecule has 1 N–H and O–H groups in total. The fourth-order valence-corrected chi connectivity index (χ4v) is 5.38. The lowest BCUT2D eigenvalue weighted by molar-refractivity contribution is -0.119. The molecule has 0 bridgehead atoms. The molecule has 1 amide bonds. The minimum absolute atomic E-state index is 0.0481. The minimum atomic E-state index is -3.07. The molecule has 130 valence electrons. The van der Waals surface area contributed by atoms with E-state index in [1.165, 1.54) is 5.56 Å². The molecule has 0 spiro atoms. The van der Waals surface area contributed by atoms with Crippen LogP contribution in [0.15, 0.2) is 48.5 Å². The Labute approximate surface area is 147 Å². The lowest BCUT2D eigenvalue weighted by Gasteiger charge is -2.23. The van der Waals surface area contributed by atoms with Gasteiger partial charge in [0.1, 0.15) is 0 Å². The van der Waals surface area contributed by atoms with Crippen LogP contribution >= 0.6 is 0 Å². The fourth-order valence-electron chi connectivity index (χ4n) is 3.64. The summed E-state index contributed by atoms with van der Waals surface area (Å²) in [5.74, 6) is -0.607. The van der Waals surface area contributed by atoms with Gasteiger partial charge in [-0.1, -0.05) is 30.3 Å². The highest BCUT2D eigenvalue weighted by Crippen LogP contribution is 2.38. The van der Waals surface area contributed by atoms with Gasteiger partial charge in [-0.15, -0.1) is 0 Å². The molecular weight excluding hydrogens is 336 g/mol. The average Bonchev–Trinajstić information content (AvgIpc) is 3.18. The second kappa shape index (κ2) is 6.19. The van der Waals surface area contributed by atoms with Gasteiger partial charge in [0.25, 0.3) is 0 Å². The smallest absolute Gasteiger partial charge is 0.228 e. The average molecular weight is 356 g/mol. The second-order valence-corrected chi connectivity index (χ2v) is 8.87. The zero-order chi connectivity index (χ0) is 17.4. The zero-order valence-electron chi connectivity index (χ0n) is 13.8. The summed E-state index contributed by atoms with van der Waals surface area (Å²) in [5, 5.41) is 2.95. The van der Waals surface area contributed by atoms with Crippen molar-refractivity contribution < 1.29 is 13.2 Å². The summed E-state index contributed by atoms with van der Waals surface area (Å²) in [5.41, 5.74) is 4.13. The van der Waals surface area contributed by atoms with Crippen molar-refractivity contribution in [2.24, 2.45) is 5.92 Å². The van der Waals surface area contributed by atoms with E-state index in [0.29, 0.717) is 6.42 Å². The molecule has 5 nitrogen and oxygen atoms in total. The van der Waals surface area contributed by atoms with Crippen molar-refractivity contribution in [2.45, 2.75) is 12.8 Å². The second-order valence-electron chi connectivity index (χ2n) is 6.64. The molecule has 4 rings (SSSR count). The van der Waals surface area contributed by atoms with Crippen LogP contribution in [0.2, 0.25) is 0 Å². The summed E-state index contributed by atoms with van der Waals surface area (Å²) in [7, 11) is -3.07. The minimum Gasteiger partial charge on any atom is -0.339 e. The Morgan fingerprint density at radius 2 is 1.76 bits per heavy atom. The van der Waals surface area contributed by atoms with Crippen LogP contribution in [0.5, 0.6) is 0 Å². The van der Waals surface area contributed by atoms with Gasteiger partial charge in [-0.05, 0) is 36.6 Å². The molecule has 0 radical (unpaired) electrons. The number of hydrogen-bond acceptors (Lipinski definition) is 4. The van der Waals surface area contributed by atoms with Gasteiger partial charge in [0.15, 0.2) is 9.84 Å². The van der Waals surface area contributed by atoms with Gasteiger partial charge in [0.05, 0.1) is 28.8 Å². The van der Waals surface area contributed by atoms with Crippen molar-refractivity contribution in [3.05, 3.63) is 54.1 Å². The first-order valence-electron chi connectivity index (χ1n) is 8.49. The van der Waals surface area contributed by atoms with E-state index in [-0.39, 0.29) is 17.4 Å². The van der Waals surface area contributed by atoms with Gasteiger partial charge >= 0.3 is 0 Å². The number of para-hydroxylation sites is 3. The van der Waals surface area contributed by atoms with Crippen molar-refractivity contribution in [2.75, 3.05) is 28.3 Å². The molecule has 1 saturated heterocycles. The van der Waals surface area contributed by atoms with Crippen LogP contribution in [0, 0.1) is 5.92 Å². The Balaban J connectivity index is 1.59. The number of benzene rings is 2. The van der Waals surface area contributed by atoms with E-state index in [2.05, 4.69) is 22.3 Å².